The molecule has 0 saturated carbocycles. The highest BCUT2D eigenvalue weighted by Crippen LogP contribution is 2.10. The summed E-state index contributed by atoms with van der Waals surface area (Å²) in [6.07, 6.45) is 0. The molecule has 0 radical (unpaired) electrons. The number of benzene rings is 1. The van der Waals surface area contributed by atoms with E-state index in [4.69, 9.17) is 16.3 Å². The van der Waals surface area contributed by atoms with Crippen molar-refractivity contribution in [3.63, 3.8) is 0 Å². The van der Waals surface area contributed by atoms with Crippen molar-refractivity contribution in [1.29, 1.82) is 0 Å². The van der Waals surface area contributed by atoms with Gasteiger partial charge in [0.2, 0.25) is 5.91 Å². The molecule has 2 atom stereocenters. The maximum absolute atomic E-state index is 12.3. The highest BCUT2D eigenvalue weighted by atomic mass is 35.5. The molecule has 0 bridgehead atoms. The number of hydrogen-bond donors (Lipinski definition) is 2. The van der Waals surface area contributed by atoms with Crippen molar-refractivity contribution < 1.29 is 14.3 Å². The van der Waals surface area contributed by atoms with Crippen LogP contribution in [0.2, 0.25) is 5.02 Å². The van der Waals surface area contributed by atoms with Crippen LogP contribution >= 0.6 is 11.6 Å². The molecule has 6 heteroatoms. The quantitative estimate of drug-likeness (QED) is 0.807. The summed E-state index contributed by atoms with van der Waals surface area (Å²) in [5.74, 6) is -0.558. The predicted octanol–water partition coefficient (Wildman–Crippen LogP) is 2.25. The zero-order chi connectivity index (χ0) is 16.7. The number of ether oxygens (including phenoxy) is 1. The van der Waals surface area contributed by atoms with E-state index in [0.29, 0.717) is 17.2 Å². The smallest absolute Gasteiger partial charge is 0.251 e. The number of methoxy groups -OCH3 is 1. The molecule has 1 aromatic rings. The molecular formula is C16H23ClN2O3. The fraction of sp³-hybridized carbons (Fsp3) is 0.500. The van der Waals surface area contributed by atoms with Gasteiger partial charge < -0.3 is 15.4 Å². The van der Waals surface area contributed by atoms with Crippen LogP contribution in [0.5, 0.6) is 0 Å². The standard InChI is InChI=1S/C16H23ClN2O3/c1-10(2)14(16(21)18-11(3)9-22-4)19-15(20)12-5-7-13(17)8-6-12/h5-8,10-11,14H,9H2,1-4H3,(H,18,21)(H,19,20)/t11-,14+/m0/s1. The van der Waals surface area contributed by atoms with Gasteiger partial charge in [-0.15, -0.1) is 0 Å². The molecule has 0 aromatic heterocycles. The summed E-state index contributed by atoms with van der Waals surface area (Å²) >= 11 is 5.80. The second-order valence-electron chi connectivity index (χ2n) is 5.57. The summed E-state index contributed by atoms with van der Waals surface area (Å²) in [5.41, 5.74) is 0.466. The minimum atomic E-state index is -0.609. The van der Waals surface area contributed by atoms with Crippen molar-refractivity contribution in [3.05, 3.63) is 34.9 Å². The molecule has 0 saturated heterocycles. The Morgan fingerprint density at radius 2 is 1.73 bits per heavy atom. The van der Waals surface area contributed by atoms with Crippen molar-refractivity contribution in [2.75, 3.05) is 13.7 Å². The number of carbonyl (C=O) groups excluding carboxylic acids is 2. The monoisotopic (exact) mass is 326 g/mol. The summed E-state index contributed by atoms with van der Waals surface area (Å²) in [5, 5.41) is 6.15. The molecule has 5 nitrogen and oxygen atoms in total. The molecule has 0 spiro atoms. The van der Waals surface area contributed by atoms with Gasteiger partial charge in [-0.1, -0.05) is 25.4 Å². The van der Waals surface area contributed by atoms with Crippen molar-refractivity contribution in [2.24, 2.45) is 5.92 Å². The van der Waals surface area contributed by atoms with Crippen LogP contribution in [0.3, 0.4) is 0 Å². The largest absolute Gasteiger partial charge is 0.383 e. The minimum Gasteiger partial charge on any atom is -0.383 e. The van der Waals surface area contributed by atoms with E-state index in [1.54, 1.807) is 31.4 Å². The van der Waals surface area contributed by atoms with Crippen LogP contribution in [0.1, 0.15) is 31.1 Å². The van der Waals surface area contributed by atoms with E-state index in [0.717, 1.165) is 0 Å². The zero-order valence-corrected chi connectivity index (χ0v) is 14.1. The Morgan fingerprint density at radius 3 is 2.23 bits per heavy atom. The van der Waals surface area contributed by atoms with Gasteiger partial charge in [0.15, 0.2) is 0 Å². The van der Waals surface area contributed by atoms with Gasteiger partial charge >= 0.3 is 0 Å². The third-order valence-electron chi connectivity index (χ3n) is 3.15. The molecule has 0 unspecified atom stereocenters. The SMILES string of the molecule is COC[C@H](C)NC(=O)[C@H](NC(=O)c1ccc(Cl)cc1)C(C)C. The van der Waals surface area contributed by atoms with Crippen molar-refractivity contribution in [3.8, 4) is 0 Å². The van der Waals surface area contributed by atoms with Crippen LogP contribution in [0, 0.1) is 5.92 Å². The molecule has 0 aliphatic carbocycles. The average molecular weight is 327 g/mol. The molecule has 1 rings (SSSR count). The van der Waals surface area contributed by atoms with Gasteiger partial charge in [0, 0.05) is 23.7 Å². The Balaban J connectivity index is 2.73. The van der Waals surface area contributed by atoms with Gasteiger partial charge in [0.05, 0.1) is 6.61 Å². The van der Waals surface area contributed by atoms with Crippen molar-refractivity contribution in [1.82, 2.24) is 10.6 Å². The van der Waals surface area contributed by atoms with E-state index in [1.807, 2.05) is 20.8 Å². The molecule has 122 valence electrons. The lowest BCUT2D eigenvalue weighted by Gasteiger charge is -2.24. The first-order valence-electron chi connectivity index (χ1n) is 7.21. The Kier molecular flexibility index (Phi) is 7.35. The lowest BCUT2D eigenvalue weighted by molar-refractivity contribution is -0.124. The van der Waals surface area contributed by atoms with Crippen LogP contribution in [0.25, 0.3) is 0 Å². The second kappa shape index (κ2) is 8.76. The van der Waals surface area contributed by atoms with Gasteiger partial charge in [-0.2, -0.15) is 0 Å². The first-order valence-corrected chi connectivity index (χ1v) is 7.58. The lowest BCUT2D eigenvalue weighted by Crippen LogP contribution is -2.52. The lowest BCUT2D eigenvalue weighted by atomic mass is 10.0. The van der Waals surface area contributed by atoms with Crippen LogP contribution in [-0.2, 0) is 9.53 Å². The van der Waals surface area contributed by atoms with Crippen LogP contribution < -0.4 is 10.6 Å². The van der Waals surface area contributed by atoms with E-state index >= 15 is 0 Å². The highest BCUT2D eigenvalue weighted by molar-refractivity contribution is 6.30. The topological polar surface area (TPSA) is 67.4 Å². The molecule has 0 heterocycles. The first-order chi connectivity index (χ1) is 10.3. The van der Waals surface area contributed by atoms with Crippen LogP contribution in [-0.4, -0.2) is 37.6 Å². The maximum atomic E-state index is 12.3. The van der Waals surface area contributed by atoms with Crippen LogP contribution in [0.15, 0.2) is 24.3 Å². The molecule has 0 fully saturated rings. The van der Waals surface area contributed by atoms with E-state index < -0.39 is 6.04 Å². The predicted molar refractivity (Wildman–Crippen MR) is 87.0 cm³/mol. The zero-order valence-electron chi connectivity index (χ0n) is 13.4. The minimum absolute atomic E-state index is 0.0361. The molecule has 2 amide bonds. The Bertz CT molecular complexity index is 503. The first kappa shape index (κ1) is 18.5. The maximum Gasteiger partial charge on any atom is 0.251 e. The number of rotatable bonds is 7. The number of hydrogen-bond acceptors (Lipinski definition) is 3. The third kappa shape index (κ3) is 5.66. The fourth-order valence-electron chi connectivity index (χ4n) is 1.99. The summed E-state index contributed by atoms with van der Waals surface area (Å²) < 4.78 is 4.99. The highest BCUT2D eigenvalue weighted by Gasteiger charge is 2.25. The van der Waals surface area contributed by atoms with E-state index in [1.165, 1.54) is 0 Å². The summed E-state index contributed by atoms with van der Waals surface area (Å²) in [7, 11) is 1.57. The van der Waals surface area contributed by atoms with Gasteiger partial charge in [-0.25, -0.2) is 0 Å². The van der Waals surface area contributed by atoms with E-state index in [2.05, 4.69) is 10.6 Å². The molecule has 22 heavy (non-hydrogen) atoms. The van der Waals surface area contributed by atoms with Crippen molar-refractivity contribution in [2.45, 2.75) is 32.9 Å². The van der Waals surface area contributed by atoms with Gasteiger partial charge in [-0.05, 0) is 37.1 Å². The van der Waals surface area contributed by atoms with Gasteiger partial charge in [0.25, 0.3) is 5.91 Å². The molecule has 2 N–H and O–H groups in total. The van der Waals surface area contributed by atoms with Crippen molar-refractivity contribution >= 4 is 23.4 Å². The normalized spacial score (nSPS) is 13.5. The average Bonchev–Trinajstić information content (AvgIpc) is 2.44. The number of halogens is 1. The number of amides is 2. The van der Waals surface area contributed by atoms with E-state index in [-0.39, 0.29) is 23.8 Å². The second-order valence-corrected chi connectivity index (χ2v) is 6.00. The summed E-state index contributed by atoms with van der Waals surface area (Å²) in [4.78, 5) is 24.5. The number of nitrogens with one attached hydrogen (secondary N) is 2. The fourth-order valence-corrected chi connectivity index (χ4v) is 2.11. The Morgan fingerprint density at radius 1 is 1.14 bits per heavy atom. The summed E-state index contributed by atoms with van der Waals surface area (Å²) in [6, 6.07) is 5.80. The molecule has 0 aliphatic rings. The Hall–Kier alpha value is -1.59. The molecule has 0 aliphatic heterocycles. The number of carbonyl (C=O) groups is 2. The molecule has 1 aromatic carbocycles. The van der Waals surface area contributed by atoms with Gasteiger partial charge in [0.1, 0.15) is 6.04 Å². The summed E-state index contributed by atoms with van der Waals surface area (Å²) in [6.45, 7) is 6.03. The van der Waals surface area contributed by atoms with Gasteiger partial charge in [-0.3, -0.25) is 9.59 Å². The Labute approximate surface area is 136 Å². The third-order valence-corrected chi connectivity index (χ3v) is 3.40. The molecular weight excluding hydrogens is 304 g/mol. The van der Waals surface area contributed by atoms with E-state index in [9.17, 15) is 9.59 Å². The van der Waals surface area contributed by atoms with Crippen LogP contribution in [0.4, 0.5) is 0 Å².